The summed E-state index contributed by atoms with van der Waals surface area (Å²) in [6, 6.07) is 4.80. The quantitative estimate of drug-likeness (QED) is 0.873. The molecule has 0 radical (unpaired) electrons. The summed E-state index contributed by atoms with van der Waals surface area (Å²) in [5.41, 5.74) is 1.92. The largest absolute Gasteiger partial charge is 0.490 e. The predicted molar refractivity (Wildman–Crippen MR) is 80.6 cm³/mol. The minimum atomic E-state index is -1.12. The van der Waals surface area contributed by atoms with Gasteiger partial charge >= 0.3 is 5.97 Å². The monoisotopic (exact) mass is 293 g/mol. The number of ether oxygens (including phenoxy) is 1. The van der Waals surface area contributed by atoms with Gasteiger partial charge in [-0.1, -0.05) is 32.9 Å². The fraction of sp³-hybridized carbons (Fsp3) is 0.500. The van der Waals surface area contributed by atoms with Crippen LogP contribution in [0.25, 0.3) is 0 Å². The average molecular weight is 293 g/mol. The van der Waals surface area contributed by atoms with E-state index in [2.05, 4.69) is 26.1 Å². The van der Waals surface area contributed by atoms with Crippen molar-refractivity contribution in [2.45, 2.75) is 46.1 Å². The minimum Gasteiger partial charge on any atom is -0.490 e. The number of amides is 1. The van der Waals surface area contributed by atoms with Crippen molar-refractivity contribution in [3.05, 3.63) is 29.3 Å². The number of hydrogen-bond acceptors (Lipinski definition) is 3. The normalized spacial score (nSPS) is 12.6. The molecule has 0 fully saturated rings. The maximum atomic E-state index is 11.1. The third-order valence-corrected chi connectivity index (χ3v) is 3.03. The Bertz CT molecular complexity index is 532. The highest BCUT2D eigenvalue weighted by Gasteiger charge is 2.22. The maximum absolute atomic E-state index is 11.1. The molecule has 0 aromatic heterocycles. The zero-order valence-electron chi connectivity index (χ0n) is 13.2. The van der Waals surface area contributed by atoms with E-state index >= 15 is 0 Å². The Labute approximate surface area is 125 Å². The average Bonchev–Trinajstić information content (AvgIpc) is 2.32. The molecule has 5 nitrogen and oxygen atoms in total. The van der Waals surface area contributed by atoms with Crippen molar-refractivity contribution in [1.82, 2.24) is 5.32 Å². The van der Waals surface area contributed by atoms with Crippen LogP contribution in [0.3, 0.4) is 0 Å². The van der Waals surface area contributed by atoms with Crippen LogP contribution in [0.15, 0.2) is 18.2 Å². The summed E-state index contributed by atoms with van der Waals surface area (Å²) >= 11 is 0. The number of carboxylic acids is 1. The smallest absolute Gasteiger partial charge is 0.329 e. The summed E-state index contributed by atoms with van der Waals surface area (Å²) in [7, 11) is 0. The Balaban J connectivity index is 2.94. The first-order valence-corrected chi connectivity index (χ1v) is 6.85. The van der Waals surface area contributed by atoms with E-state index < -0.39 is 17.9 Å². The second-order valence-corrected chi connectivity index (χ2v) is 6.15. The van der Waals surface area contributed by atoms with Crippen molar-refractivity contribution in [3.63, 3.8) is 0 Å². The molecule has 1 rings (SSSR count). The van der Waals surface area contributed by atoms with E-state index in [1.807, 2.05) is 25.1 Å². The summed E-state index contributed by atoms with van der Waals surface area (Å²) in [6.45, 7) is 9.31. The van der Waals surface area contributed by atoms with Crippen LogP contribution in [0.2, 0.25) is 0 Å². The number of carboxylic acid groups (broad SMARTS) is 1. The molecular formula is C16H23NO4. The van der Waals surface area contributed by atoms with Gasteiger partial charge in [-0.15, -0.1) is 0 Å². The van der Waals surface area contributed by atoms with Gasteiger partial charge in [-0.2, -0.15) is 0 Å². The molecular weight excluding hydrogens is 270 g/mol. The van der Waals surface area contributed by atoms with E-state index in [9.17, 15) is 9.59 Å². The summed E-state index contributed by atoms with van der Waals surface area (Å²) in [6.07, 6.45) is 0. The first kappa shape index (κ1) is 17.0. The Morgan fingerprint density at radius 1 is 1.33 bits per heavy atom. The van der Waals surface area contributed by atoms with Crippen molar-refractivity contribution in [2.24, 2.45) is 0 Å². The van der Waals surface area contributed by atoms with Gasteiger partial charge in [0.1, 0.15) is 12.4 Å². The van der Waals surface area contributed by atoms with Gasteiger partial charge in [0.2, 0.25) is 5.91 Å². The summed E-state index contributed by atoms with van der Waals surface area (Å²) in [5.74, 6) is -0.861. The van der Waals surface area contributed by atoms with Crippen LogP contribution < -0.4 is 10.1 Å². The highest BCUT2D eigenvalue weighted by Crippen LogP contribution is 2.32. The Kier molecular flexibility index (Phi) is 5.35. The fourth-order valence-electron chi connectivity index (χ4n) is 1.96. The van der Waals surface area contributed by atoms with Gasteiger partial charge in [0.05, 0.1) is 0 Å². The van der Waals surface area contributed by atoms with E-state index in [4.69, 9.17) is 9.84 Å². The van der Waals surface area contributed by atoms with Gasteiger partial charge in [0, 0.05) is 6.92 Å². The van der Waals surface area contributed by atoms with Crippen LogP contribution in [0, 0.1) is 6.92 Å². The number of benzene rings is 1. The molecule has 1 aromatic carbocycles. The van der Waals surface area contributed by atoms with Crippen molar-refractivity contribution in [3.8, 4) is 5.75 Å². The molecule has 0 saturated heterocycles. The number of carbonyl (C=O) groups excluding carboxylic acids is 1. The maximum Gasteiger partial charge on any atom is 0.329 e. The Morgan fingerprint density at radius 2 is 1.95 bits per heavy atom. The molecule has 5 heteroatoms. The van der Waals surface area contributed by atoms with Gasteiger partial charge < -0.3 is 15.2 Å². The lowest BCUT2D eigenvalue weighted by Crippen LogP contribution is -2.43. The van der Waals surface area contributed by atoms with Crippen molar-refractivity contribution in [1.29, 1.82) is 0 Å². The van der Waals surface area contributed by atoms with Gasteiger partial charge in [0.25, 0.3) is 0 Å². The molecule has 21 heavy (non-hydrogen) atoms. The first-order chi connectivity index (χ1) is 9.61. The summed E-state index contributed by atoms with van der Waals surface area (Å²) < 4.78 is 5.67. The zero-order valence-corrected chi connectivity index (χ0v) is 13.2. The van der Waals surface area contributed by atoms with Crippen molar-refractivity contribution in [2.75, 3.05) is 6.61 Å². The number of hydrogen-bond donors (Lipinski definition) is 2. The molecule has 0 aliphatic rings. The Morgan fingerprint density at radius 3 is 2.43 bits per heavy atom. The molecule has 1 unspecified atom stereocenters. The molecule has 0 saturated carbocycles. The van der Waals surface area contributed by atoms with E-state index in [1.165, 1.54) is 6.92 Å². The highest BCUT2D eigenvalue weighted by molar-refractivity contribution is 5.82. The number of rotatable bonds is 5. The molecule has 2 N–H and O–H groups in total. The lowest BCUT2D eigenvalue weighted by Gasteiger charge is -2.24. The zero-order chi connectivity index (χ0) is 16.2. The van der Waals surface area contributed by atoms with E-state index in [1.54, 1.807) is 0 Å². The minimum absolute atomic E-state index is 0.110. The summed E-state index contributed by atoms with van der Waals surface area (Å²) in [5, 5.41) is 11.4. The van der Waals surface area contributed by atoms with Crippen LogP contribution in [0.1, 0.15) is 38.8 Å². The molecule has 116 valence electrons. The number of nitrogens with one attached hydrogen (secondary N) is 1. The molecule has 1 atom stereocenters. The number of aliphatic carboxylic acids is 1. The van der Waals surface area contributed by atoms with Crippen molar-refractivity contribution < 1.29 is 19.4 Å². The van der Waals surface area contributed by atoms with Crippen molar-refractivity contribution >= 4 is 11.9 Å². The van der Waals surface area contributed by atoms with E-state index in [-0.39, 0.29) is 12.0 Å². The molecule has 0 spiro atoms. The van der Waals surface area contributed by atoms with Crippen LogP contribution in [0.5, 0.6) is 5.75 Å². The third-order valence-electron chi connectivity index (χ3n) is 3.03. The summed E-state index contributed by atoms with van der Waals surface area (Å²) in [4.78, 5) is 22.1. The van der Waals surface area contributed by atoms with Gasteiger partial charge in [-0.3, -0.25) is 4.79 Å². The van der Waals surface area contributed by atoms with Gasteiger partial charge in [0.15, 0.2) is 6.04 Å². The number of carbonyl (C=O) groups is 2. The lowest BCUT2D eigenvalue weighted by atomic mass is 9.86. The molecule has 0 aliphatic heterocycles. The third kappa shape index (κ3) is 5.10. The predicted octanol–water partition coefficient (Wildman–Crippen LogP) is 2.26. The second kappa shape index (κ2) is 6.61. The molecule has 1 amide bonds. The standard InChI is InChI=1S/C16H23NO4/c1-10-6-7-12(16(3,4)5)14(8-10)21-9-13(15(19)20)17-11(2)18/h6-8,13H,9H2,1-5H3,(H,17,18)(H,19,20). The number of aryl methyl sites for hydroxylation is 1. The molecule has 1 aromatic rings. The van der Waals surface area contributed by atoms with E-state index in [0.717, 1.165) is 11.1 Å². The van der Waals surface area contributed by atoms with Crippen LogP contribution in [-0.4, -0.2) is 29.6 Å². The fourth-order valence-corrected chi connectivity index (χ4v) is 1.96. The lowest BCUT2D eigenvalue weighted by molar-refractivity contribution is -0.142. The van der Waals surface area contributed by atoms with Gasteiger partial charge in [-0.25, -0.2) is 4.79 Å². The van der Waals surface area contributed by atoms with E-state index in [0.29, 0.717) is 5.75 Å². The topological polar surface area (TPSA) is 75.6 Å². The molecule has 0 aliphatic carbocycles. The Hall–Kier alpha value is -2.04. The first-order valence-electron chi connectivity index (χ1n) is 6.85. The van der Waals surface area contributed by atoms with Crippen LogP contribution in [-0.2, 0) is 15.0 Å². The SMILES string of the molecule is CC(=O)NC(COc1cc(C)ccc1C(C)(C)C)C(=O)O. The molecule has 0 heterocycles. The molecule has 0 bridgehead atoms. The van der Waals surface area contributed by atoms with Gasteiger partial charge in [-0.05, 0) is 29.5 Å². The van der Waals surface area contributed by atoms with Crippen LogP contribution in [0.4, 0.5) is 0 Å². The van der Waals surface area contributed by atoms with Crippen LogP contribution >= 0.6 is 0 Å². The second-order valence-electron chi connectivity index (χ2n) is 6.15. The highest BCUT2D eigenvalue weighted by atomic mass is 16.5.